The van der Waals surface area contributed by atoms with Crippen molar-refractivity contribution in [2.75, 3.05) is 16.0 Å². The van der Waals surface area contributed by atoms with Crippen molar-refractivity contribution in [2.45, 2.75) is 43.9 Å². The second-order valence-electron chi connectivity index (χ2n) is 10.5. The first kappa shape index (κ1) is 28.1. The minimum absolute atomic E-state index is 0.00705. The molecule has 2 heterocycles. The average molecular weight is 636 g/mol. The van der Waals surface area contributed by atoms with Crippen LogP contribution in [0.3, 0.4) is 0 Å². The van der Waals surface area contributed by atoms with Crippen LogP contribution in [0, 0.1) is 23.7 Å². The maximum absolute atomic E-state index is 13.7. The second kappa shape index (κ2) is 11.2. The minimum Gasteiger partial charge on any atom is -0.384 e. The van der Waals surface area contributed by atoms with Gasteiger partial charge in [0.05, 0.1) is 29.0 Å². The molecule has 0 spiro atoms. The molecule has 0 saturated heterocycles. The van der Waals surface area contributed by atoms with Crippen molar-refractivity contribution in [2.24, 2.45) is 11.1 Å². The molecule has 1 aliphatic heterocycles. The predicted molar refractivity (Wildman–Crippen MR) is 162 cm³/mol. The molecule has 204 valence electrons. The van der Waals surface area contributed by atoms with Gasteiger partial charge in [-0.15, -0.1) is 10.2 Å². The SMILES string of the molecule is Cc1ccccc1C1C(C#N)=C(N)N(c2nnc(SCC(=O)Nc3ccccc3Br)s2)C2=C1C(=O)CC(C)(C)C2. The number of carbonyl (C=O) groups excluding carboxylic acids is 2. The van der Waals surface area contributed by atoms with Gasteiger partial charge in [-0.1, -0.05) is 73.3 Å². The van der Waals surface area contributed by atoms with Crippen LogP contribution in [0.5, 0.6) is 0 Å². The van der Waals surface area contributed by atoms with Crippen LogP contribution in [0.1, 0.15) is 43.7 Å². The highest BCUT2D eigenvalue weighted by atomic mass is 79.9. The van der Waals surface area contributed by atoms with Crippen LogP contribution in [0.2, 0.25) is 0 Å². The summed E-state index contributed by atoms with van der Waals surface area (Å²) in [6.45, 7) is 6.09. The lowest BCUT2D eigenvalue weighted by Crippen LogP contribution is -2.42. The number of nitrogens with zero attached hydrogens (tertiary/aromatic N) is 4. The number of Topliss-reactive ketones (excluding diaryl/α,β-unsaturated/α-hetero) is 1. The van der Waals surface area contributed by atoms with Crippen molar-refractivity contribution in [3.8, 4) is 6.07 Å². The molecule has 1 unspecified atom stereocenters. The number of hydrogen-bond acceptors (Lipinski definition) is 9. The van der Waals surface area contributed by atoms with Gasteiger partial charge in [0.15, 0.2) is 10.1 Å². The Kier molecular flexibility index (Phi) is 7.86. The fourth-order valence-corrected chi connectivity index (χ4v) is 7.24. The number of thioether (sulfide) groups is 1. The topological polar surface area (TPSA) is 125 Å². The summed E-state index contributed by atoms with van der Waals surface area (Å²) in [6.07, 6.45) is 0.969. The lowest BCUT2D eigenvalue weighted by Gasteiger charge is -2.42. The molecule has 40 heavy (non-hydrogen) atoms. The Balaban J connectivity index is 1.48. The summed E-state index contributed by atoms with van der Waals surface area (Å²) in [5.41, 5.74) is 10.7. The molecule has 11 heteroatoms. The fraction of sp³-hybridized carbons (Fsp3) is 0.276. The van der Waals surface area contributed by atoms with E-state index in [9.17, 15) is 14.9 Å². The lowest BCUT2D eigenvalue weighted by molar-refractivity contribution is -0.118. The van der Waals surface area contributed by atoms with Gasteiger partial charge in [-0.2, -0.15) is 5.26 Å². The maximum Gasteiger partial charge on any atom is 0.234 e. The Labute approximate surface area is 249 Å². The van der Waals surface area contributed by atoms with E-state index < -0.39 is 5.92 Å². The number of rotatable bonds is 6. The number of aryl methyl sites for hydroxylation is 1. The normalized spacial score (nSPS) is 18.4. The third kappa shape index (κ3) is 5.44. The van der Waals surface area contributed by atoms with Crippen molar-refractivity contribution in [1.29, 1.82) is 5.26 Å². The van der Waals surface area contributed by atoms with Crippen molar-refractivity contribution in [3.63, 3.8) is 0 Å². The number of anilines is 2. The molecular weight excluding hydrogens is 608 g/mol. The molecular formula is C29H27BrN6O2S2. The van der Waals surface area contributed by atoms with Gasteiger partial charge in [0.2, 0.25) is 11.0 Å². The number of ketones is 1. The Hall–Kier alpha value is -3.46. The van der Waals surface area contributed by atoms with Gasteiger partial charge in [0.25, 0.3) is 0 Å². The monoisotopic (exact) mass is 634 g/mol. The molecule has 0 fully saturated rings. The van der Waals surface area contributed by atoms with Crippen molar-refractivity contribution >= 4 is 61.5 Å². The Morgan fingerprint density at radius 1 is 1.23 bits per heavy atom. The standard InChI is InChI=1S/C29H27BrN6O2S2/c1-16-8-4-5-9-17(16)24-18(14-31)26(32)36(21-12-29(2,3)13-22(37)25(21)24)27-34-35-28(40-27)39-15-23(38)33-20-11-7-6-10-19(20)30/h4-11,24H,12-13,15,32H2,1-3H3,(H,33,38). The molecule has 1 aliphatic carbocycles. The Morgan fingerprint density at radius 2 is 1.95 bits per heavy atom. The van der Waals surface area contributed by atoms with Gasteiger partial charge in [-0.3, -0.25) is 14.5 Å². The zero-order valence-electron chi connectivity index (χ0n) is 22.2. The number of nitrogens with one attached hydrogen (secondary N) is 1. The molecule has 8 nitrogen and oxygen atoms in total. The predicted octanol–water partition coefficient (Wildman–Crippen LogP) is 6.28. The number of carbonyl (C=O) groups is 2. The number of amides is 1. The first-order valence-electron chi connectivity index (χ1n) is 12.6. The van der Waals surface area contributed by atoms with E-state index in [4.69, 9.17) is 5.73 Å². The van der Waals surface area contributed by atoms with Crippen LogP contribution < -0.4 is 16.0 Å². The summed E-state index contributed by atoms with van der Waals surface area (Å²) in [6, 6.07) is 17.5. The number of nitrogens with two attached hydrogens (primary N) is 1. The molecule has 0 saturated carbocycles. The summed E-state index contributed by atoms with van der Waals surface area (Å²) >= 11 is 5.97. The number of allylic oxidation sites excluding steroid dienone is 3. The Morgan fingerprint density at radius 3 is 2.67 bits per heavy atom. The maximum atomic E-state index is 13.7. The third-order valence-electron chi connectivity index (χ3n) is 6.94. The number of benzene rings is 2. The van der Waals surface area contributed by atoms with Gasteiger partial charge >= 0.3 is 0 Å². The smallest absolute Gasteiger partial charge is 0.234 e. The molecule has 2 aromatic carbocycles. The molecule has 1 amide bonds. The quantitative estimate of drug-likeness (QED) is 0.303. The number of para-hydroxylation sites is 1. The number of hydrogen-bond donors (Lipinski definition) is 2. The summed E-state index contributed by atoms with van der Waals surface area (Å²) in [4.78, 5) is 28.0. The van der Waals surface area contributed by atoms with Crippen LogP contribution >= 0.6 is 39.0 Å². The fourth-order valence-electron chi connectivity index (χ4n) is 5.18. The lowest BCUT2D eigenvalue weighted by atomic mass is 9.68. The van der Waals surface area contributed by atoms with Crippen molar-refractivity contribution in [1.82, 2.24) is 10.2 Å². The summed E-state index contributed by atoms with van der Waals surface area (Å²) < 4.78 is 1.37. The summed E-state index contributed by atoms with van der Waals surface area (Å²) in [5.74, 6) is -0.321. The van der Waals surface area contributed by atoms with Gasteiger partial charge < -0.3 is 11.1 Å². The van der Waals surface area contributed by atoms with E-state index >= 15 is 0 Å². The van der Waals surface area contributed by atoms with E-state index in [1.165, 1.54) is 23.1 Å². The number of halogens is 1. The zero-order valence-corrected chi connectivity index (χ0v) is 25.4. The van der Waals surface area contributed by atoms with E-state index in [-0.39, 0.29) is 28.7 Å². The van der Waals surface area contributed by atoms with E-state index in [1.54, 1.807) is 4.90 Å². The number of nitriles is 1. The van der Waals surface area contributed by atoms with Gasteiger partial charge in [0.1, 0.15) is 5.82 Å². The first-order chi connectivity index (χ1) is 19.1. The van der Waals surface area contributed by atoms with Crippen LogP contribution in [0.4, 0.5) is 10.8 Å². The molecule has 3 N–H and O–H groups in total. The van der Waals surface area contributed by atoms with Crippen LogP contribution in [0.15, 0.2) is 80.0 Å². The minimum atomic E-state index is -0.538. The van der Waals surface area contributed by atoms with E-state index in [0.717, 1.165) is 21.3 Å². The van der Waals surface area contributed by atoms with Gasteiger partial charge in [0, 0.05) is 22.2 Å². The Bertz CT molecular complexity index is 1620. The zero-order chi connectivity index (χ0) is 28.6. The average Bonchev–Trinajstić information content (AvgIpc) is 3.36. The molecule has 1 aromatic heterocycles. The summed E-state index contributed by atoms with van der Waals surface area (Å²) in [7, 11) is 0. The second-order valence-corrected chi connectivity index (χ2v) is 13.5. The van der Waals surface area contributed by atoms with Gasteiger partial charge in [-0.25, -0.2) is 0 Å². The molecule has 0 bridgehead atoms. The highest BCUT2D eigenvalue weighted by Crippen LogP contribution is 2.51. The van der Waals surface area contributed by atoms with Crippen LogP contribution in [-0.2, 0) is 9.59 Å². The molecule has 1 atom stereocenters. The van der Waals surface area contributed by atoms with E-state index in [0.29, 0.717) is 39.1 Å². The molecule has 5 rings (SSSR count). The van der Waals surface area contributed by atoms with E-state index in [2.05, 4.69) is 51.4 Å². The summed E-state index contributed by atoms with van der Waals surface area (Å²) in [5, 5.41) is 22.3. The molecule has 3 aromatic rings. The largest absolute Gasteiger partial charge is 0.384 e. The van der Waals surface area contributed by atoms with Crippen molar-refractivity contribution in [3.05, 3.63) is 86.8 Å². The van der Waals surface area contributed by atoms with Crippen LogP contribution in [-0.4, -0.2) is 27.6 Å². The first-order valence-corrected chi connectivity index (χ1v) is 15.2. The number of aromatic nitrogens is 2. The molecule has 2 aliphatic rings. The van der Waals surface area contributed by atoms with Crippen molar-refractivity contribution < 1.29 is 9.59 Å². The molecule has 0 radical (unpaired) electrons. The van der Waals surface area contributed by atoms with Gasteiger partial charge in [-0.05, 0) is 57.9 Å². The van der Waals surface area contributed by atoms with E-state index in [1.807, 2.05) is 55.5 Å². The third-order valence-corrected chi connectivity index (χ3v) is 9.68. The van der Waals surface area contributed by atoms with Crippen LogP contribution in [0.25, 0.3) is 0 Å². The highest BCUT2D eigenvalue weighted by molar-refractivity contribution is 9.10. The highest BCUT2D eigenvalue weighted by Gasteiger charge is 2.45.